The Hall–Kier alpha value is -1.35. The Balaban J connectivity index is 1.65. The van der Waals surface area contributed by atoms with E-state index in [0.29, 0.717) is 27.8 Å². The normalized spacial score (nSPS) is 14.6. The molecule has 0 atom stereocenters. The third kappa shape index (κ3) is 3.36. The number of hydrogen-bond acceptors (Lipinski definition) is 5. The van der Waals surface area contributed by atoms with Crippen LogP contribution in [0, 0.1) is 4.77 Å². The lowest BCUT2D eigenvalue weighted by atomic mass is 10.1. The first-order chi connectivity index (χ1) is 12.0. The summed E-state index contributed by atoms with van der Waals surface area (Å²) in [4.78, 5) is 22.4. The van der Waals surface area contributed by atoms with Gasteiger partial charge in [-0.15, -0.1) is 0 Å². The summed E-state index contributed by atoms with van der Waals surface area (Å²) >= 11 is 11.9. The number of fused-ring (bicyclic) bond motifs is 2. The van der Waals surface area contributed by atoms with Crippen LogP contribution in [0.3, 0.4) is 0 Å². The maximum Gasteiger partial charge on any atom is 0.197 e. The predicted octanol–water partition coefficient (Wildman–Crippen LogP) is 4.33. The maximum atomic E-state index is 12.8. The van der Waals surface area contributed by atoms with Crippen molar-refractivity contribution in [1.82, 2.24) is 14.9 Å². The molecule has 3 heterocycles. The molecule has 0 fully saturated rings. The zero-order valence-electron chi connectivity index (χ0n) is 13.0. The molecule has 5 nitrogen and oxygen atoms in total. The molecule has 0 aliphatic carbocycles. The minimum atomic E-state index is -0.000333. The van der Waals surface area contributed by atoms with Crippen LogP contribution in [0.1, 0.15) is 16.8 Å². The van der Waals surface area contributed by atoms with Crippen LogP contribution in [0.5, 0.6) is 0 Å². The summed E-state index contributed by atoms with van der Waals surface area (Å²) in [5, 5.41) is 0.571. The second-order valence-corrected chi connectivity index (χ2v) is 8.16. The van der Waals surface area contributed by atoms with E-state index in [1.54, 1.807) is 12.3 Å². The molecule has 1 aromatic carbocycles. The molecule has 0 radical (unpaired) electrons. The van der Waals surface area contributed by atoms with Gasteiger partial charge in [-0.1, -0.05) is 15.9 Å². The van der Waals surface area contributed by atoms with E-state index in [0.717, 1.165) is 39.7 Å². The van der Waals surface area contributed by atoms with Crippen molar-refractivity contribution in [2.75, 3.05) is 6.54 Å². The van der Waals surface area contributed by atoms with Crippen LogP contribution >= 0.6 is 44.1 Å². The van der Waals surface area contributed by atoms with Crippen LogP contribution in [0.15, 0.2) is 42.7 Å². The molecule has 1 N–H and O–H groups in total. The quantitative estimate of drug-likeness (QED) is 0.551. The minimum Gasteiger partial charge on any atom is -0.463 e. The summed E-state index contributed by atoms with van der Waals surface area (Å²) in [7, 11) is 0. The van der Waals surface area contributed by atoms with Crippen molar-refractivity contribution < 1.29 is 4.42 Å². The molecule has 0 amide bonds. The van der Waals surface area contributed by atoms with Gasteiger partial charge in [0.2, 0.25) is 0 Å². The van der Waals surface area contributed by atoms with Crippen LogP contribution in [0.4, 0.5) is 0 Å². The Kier molecular flexibility index (Phi) is 4.61. The Labute approximate surface area is 165 Å². The molecule has 0 saturated heterocycles. The van der Waals surface area contributed by atoms with E-state index in [2.05, 4.69) is 46.7 Å². The maximum absolute atomic E-state index is 12.8. The third-order valence-corrected chi connectivity index (χ3v) is 5.57. The van der Waals surface area contributed by atoms with Crippen LogP contribution in [0.2, 0.25) is 0 Å². The number of aromatic nitrogens is 2. The molecule has 8 heteroatoms. The largest absolute Gasteiger partial charge is 0.463 e. The standard InChI is InChI=1S/C17H13Br2N3O2S/c18-11-3-12-15(23)10(8-24-16(12)13(19)4-11)7-22-2-1-14-9(6-22)5-20-17(25)21-14/h3-5,8H,1-2,6-7H2,(H,20,21,25). The number of nitrogens with one attached hydrogen (secondary N) is 1. The molecular weight excluding hydrogens is 470 g/mol. The summed E-state index contributed by atoms with van der Waals surface area (Å²) in [6.07, 6.45) is 4.24. The van der Waals surface area contributed by atoms with Crippen molar-refractivity contribution >= 4 is 55.0 Å². The van der Waals surface area contributed by atoms with E-state index in [-0.39, 0.29) is 5.43 Å². The number of H-pyrrole nitrogens is 1. The molecule has 2 aromatic heterocycles. The number of nitrogens with zero attached hydrogens (tertiary/aromatic N) is 2. The number of benzene rings is 1. The fourth-order valence-electron chi connectivity index (χ4n) is 3.10. The molecule has 4 rings (SSSR count). The van der Waals surface area contributed by atoms with Crippen molar-refractivity contribution in [3.63, 3.8) is 0 Å². The number of aromatic amines is 1. The number of halogens is 2. The van der Waals surface area contributed by atoms with Gasteiger partial charge in [0.25, 0.3) is 0 Å². The van der Waals surface area contributed by atoms with E-state index >= 15 is 0 Å². The monoisotopic (exact) mass is 481 g/mol. The zero-order chi connectivity index (χ0) is 17.6. The summed E-state index contributed by atoms with van der Waals surface area (Å²) < 4.78 is 7.82. The Bertz CT molecular complexity index is 1090. The second kappa shape index (κ2) is 6.75. The first-order valence-electron chi connectivity index (χ1n) is 7.70. The number of hydrogen-bond donors (Lipinski definition) is 1. The lowest BCUT2D eigenvalue weighted by molar-refractivity contribution is 0.240. The van der Waals surface area contributed by atoms with Crippen molar-refractivity contribution in [1.29, 1.82) is 0 Å². The van der Waals surface area contributed by atoms with Gasteiger partial charge in [-0.25, -0.2) is 4.98 Å². The van der Waals surface area contributed by atoms with Crippen molar-refractivity contribution in [2.24, 2.45) is 0 Å². The van der Waals surface area contributed by atoms with E-state index in [1.807, 2.05) is 12.3 Å². The highest BCUT2D eigenvalue weighted by molar-refractivity contribution is 9.11. The van der Waals surface area contributed by atoms with Crippen LogP contribution < -0.4 is 5.43 Å². The fraction of sp³-hybridized carbons (Fsp3) is 0.235. The molecule has 0 saturated carbocycles. The zero-order valence-corrected chi connectivity index (χ0v) is 17.0. The summed E-state index contributed by atoms with van der Waals surface area (Å²) in [6.45, 7) is 2.12. The van der Waals surface area contributed by atoms with Gasteiger partial charge in [0.05, 0.1) is 16.1 Å². The Morgan fingerprint density at radius 1 is 1.36 bits per heavy atom. The van der Waals surface area contributed by atoms with Gasteiger partial charge >= 0.3 is 0 Å². The fourth-order valence-corrected chi connectivity index (χ4v) is 4.59. The average molecular weight is 483 g/mol. The van der Waals surface area contributed by atoms with Gasteiger partial charge in [-0.2, -0.15) is 0 Å². The summed E-state index contributed by atoms with van der Waals surface area (Å²) in [5.74, 6) is 0. The highest BCUT2D eigenvalue weighted by atomic mass is 79.9. The van der Waals surface area contributed by atoms with E-state index < -0.39 is 0 Å². The topological polar surface area (TPSA) is 62.1 Å². The molecule has 0 bridgehead atoms. The van der Waals surface area contributed by atoms with Gasteiger partial charge in [0, 0.05) is 53.5 Å². The van der Waals surface area contributed by atoms with Gasteiger partial charge in [-0.05, 0) is 40.3 Å². The third-order valence-electron chi connectivity index (χ3n) is 4.31. The van der Waals surface area contributed by atoms with Gasteiger partial charge in [0.15, 0.2) is 15.8 Å². The predicted molar refractivity (Wildman–Crippen MR) is 105 cm³/mol. The minimum absolute atomic E-state index is 0.000333. The molecule has 1 aliphatic heterocycles. The van der Waals surface area contributed by atoms with Gasteiger partial charge in [0.1, 0.15) is 0 Å². The van der Waals surface area contributed by atoms with Crippen molar-refractivity contribution in [2.45, 2.75) is 19.5 Å². The van der Waals surface area contributed by atoms with E-state index in [9.17, 15) is 4.79 Å². The second-order valence-electron chi connectivity index (χ2n) is 6.01. The van der Waals surface area contributed by atoms with Crippen molar-refractivity contribution in [3.8, 4) is 0 Å². The highest BCUT2D eigenvalue weighted by Crippen LogP contribution is 2.27. The summed E-state index contributed by atoms with van der Waals surface area (Å²) in [6, 6.07) is 3.66. The molecule has 0 spiro atoms. The average Bonchev–Trinajstić information content (AvgIpc) is 2.58. The lowest BCUT2D eigenvalue weighted by Crippen LogP contribution is -2.32. The molecular formula is C17H13Br2N3O2S. The van der Waals surface area contributed by atoms with Crippen LogP contribution in [0.25, 0.3) is 11.0 Å². The first kappa shape index (κ1) is 17.1. The molecule has 0 unspecified atom stereocenters. The molecule has 3 aromatic rings. The molecule has 128 valence electrons. The number of rotatable bonds is 2. The Morgan fingerprint density at radius 3 is 3.04 bits per heavy atom. The first-order valence-corrected chi connectivity index (χ1v) is 9.69. The smallest absolute Gasteiger partial charge is 0.197 e. The van der Waals surface area contributed by atoms with Crippen LogP contribution in [-0.4, -0.2) is 21.4 Å². The lowest BCUT2D eigenvalue weighted by Gasteiger charge is -2.27. The van der Waals surface area contributed by atoms with E-state index in [4.69, 9.17) is 16.6 Å². The van der Waals surface area contributed by atoms with Gasteiger partial charge in [-0.3, -0.25) is 9.69 Å². The Morgan fingerprint density at radius 2 is 2.20 bits per heavy atom. The summed E-state index contributed by atoms with van der Waals surface area (Å²) in [5.41, 5.74) is 3.47. The molecule has 25 heavy (non-hydrogen) atoms. The van der Waals surface area contributed by atoms with E-state index in [1.165, 1.54) is 0 Å². The highest BCUT2D eigenvalue weighted by Gasteiger charge is 2.19. The molecule has 1 aliphatic rings. The van der Waals surface area contributed by atoms with Crippen LogP contribution in [-0.2, 0) is 19.5 Å². The van der Waals surface area contributed by atoms with Gasteiger partial charge < -0.3 is 9.40 Å². The van der Waals surface area contributed by atoms with Crippen molar-refractivity contribution in [3.05, 3.63) is 65.4 Å². The SMILES string of the molecule is O=c1c(CN2CCc3[nH]c(=S)ncc3C2)coc2c(Br)cc(Br)cc12.